The molecule has 0 aliphatic carbocycles. The molecular formula is C18H19BrN2O2. The maximum atomic E-state index is 11.9. The van der Waals surface area contributed by atoms with Gasteiger partial charge >= 0.3 is 0 Å². The van der Waals surface area contributed by atoms with Gasteiger partial charge in [-0.25, -0.2) is 0 Å². The van der Waals surface area contributed by atoms with E-state index in [4.69, 9.17) is 0 Å². The third kappa shape index (κ3) is 5.53. The van der Waals surface area contributed by atoms with Crippen molar-refractivity contribution in [3.8, 4) is 0 Å². The summed E-state index contributed by atoms with van der Waals surface area (Å²) in [4.78, 5) is 23.8. The number of amides is 2. The molecule has 0 fully saturated rings. The normalized spacial score (nSPS) is 11.6. The zero-order chi connectivity index (χ0) is 16.7. The number of nitrogens with one attached hydrogen (secondary N) is 2. The van der Waals surface area contributed by atoms with Gasteiger partial charge in [0, 0.05) is 16.6 Å². The summed E-state index contributed by atoms with van der Waals surface area (Å²) in [6.45, 7) is 2.55. The largest absolute Gasteiger partial charge is 0.354 e. The summed E-state index contributed by atoms with van der Waals surface area (Å²) >= 11 is 3.31. The molecule has 0 bridgehead atoms. The molecule has 2 aromatic rings. The molecular weight excluding hydrogens is 356 g/mol. The van der Waals surface area contributed by atoms with Crippen molar-refractivity contribution in [2.24, 2.45) is 0 Å². The molecule has 120 valence electrons. The van der Waals surface area contributed by atoms with Crippen LogP contribution in [0.25, 0.3) is 0 Å². The Morgan fingerprint density at radius 3 is 2.48 bits per heavy atom. The van der Waals surface area contributed by atoms with Crippen LogP contribution >= 0.6 is 15.9 Å². The molecule has 0 saturated heterocycles. The zero-order valence-electron chi connectivity index (χ0n) is 12.9. The van der Waals surface area contributed by atoms with Crippen molar-refractivity contribution >= 4 is 27.7 Å². The van der Waals surface area contributed by atoms with Gasteiger partial charge < -0.3 is 10.6 Å². The Morgan fingerprint density at radius 1 is 1.04 bits per heavy atom. The van der Waals surface area contributed by atoms with Gasteiger partial charge in [0.1, 0.15) is 0 Å². The molecule has 5 heteroatoms. The van der Waals surface area contributed by atoms with Crippen molar-refractivity contribution < 1.29 is 9.59 Å². The molecule has 0 saturated carbocycles. The molecule has 2 rings (SSSR count). The number of carbonyl (C=O) groups excluding carboxylic acids is 2. The first-order valence-electron chi connectivity index (χ1n) is 7.41. The van der Waals surface area contributed by atoms with E-state index in [1.807, 2.05) is 36.4 Å². The average molecular weight is 375 g/mol. The van der Waals surface area contributed by atoms with E-state index in [2.05, 4.69) is 33.5 Å². The maximum absolute atomic E-state index is 11.9. The maximum Gasteiger partial charge on any atom is 0.251 e. The number of halogens is 1. The first-order chi connectivity index (χ1) is 11.1. The van der Waals surface area contributed by atoms with Gasteiger partial charge in [-0.2, -0.15) is 0 Å². The number of hydrogen-bond acceptors (Lipinski definition) is 2. The summed E-state index contributed by atoms with van der Waals surface area (Å²) in [5.41, 5.74) is 1.69. The molecule has 4 nitrogen and oxygen atoms in total. The fourth-order valence-corrected chi connectivity index (χ4v) is 2.52. The smallest absolute Gasteiger partial charge is 0.251 e. The first-order valence-corrected chi connectivity index (χ1v) is 8.21. The van der Waals surface area contributed by atoms with Crippen LogP contribution in [0.15, 0.2) is 59.1 Å². The molecule has 1 atom stereocenters. The summed E-state index contributed by atoms with van der Waals surface area (Å²) in [7, 11) is 0. The van der Waals surface area contributed by atoms with Crippen LogP contribution in [-0.4, -0.2) is 24.9 Å². The molecule has 0 aromatic heterocycles. The van der Waals surface area contributed by atoms with Crippen LogP contribution < -0.4 is 10.6 Å². The molecule has 2 amide bonds. The molecule has 0 spiro atoms. The lowest BCUT2D eigenvalue weighted by atomic mass is 10.0. The Hall–Kier alpha value is -2.14. The van der Waals surface area contributed by atoms with Gasteiger partial charge in [0.15, 0.2) is 0 Å². The lowest BCUT2D eigenvalue weighted by molar-refractivity contribution is -0.120. The van der Waals surface area contributed by atoms with Gasteiger partial charge in [-0.05, 0) is 29.7 Å². The Morgan fingerprint density at radius 2 is 1.78 bits per heavy atom. The van der Waals surface area contributed by atoms with Gasteiger partial charge in [0.2, 0.25) is 5.91 Å². The van der Waals surface area contributed by atoms with Crippen molar-refractivity contribution in [1.82, 2.24) is 10.6 Å². The van der Waals surface area contributed by atoms with Gasteiger partial charge in [-0.1, -0.05) is 59.3 Å². The minimum absolute atomic E-state index is 0.0349. The van der Waals surface area contributed by atoms with Gasteiger partial charge in [0.25, 0.3) is 5.91 Å². The first kappa shape index (κ1) is 17.2. The van der Waals surface area contributed by atoms with E-state index in [1.165, 1.54) is 5.56 Å². The summed E-state index contributed by atoms with van der Waals surface area (Å²) in [5, 5.41) is 5.45. The summed E-state index contributed by atoms with van der Waals surface area (Å²) < 4.78 is 0.825. The number of benzene rings is 2. The molecule has 0 aliphatic heterocycles. The monoisotopic (exact) mass is 374 g/mol. The second-order valence-corrected chi connectivity index (χ2v) is 6.22. The summed E-state index contributed by atoms with van der Waals surface area (Å²) in [5.74, 6) is -0.241. The molecule has 2 aromatic carbocycles. The van der Waals surface area contributed by atoms with Crippen molar-refractivity contribution in [3.63, 3.8) is 0 Å². The number of carbonyl (C=O) groups is 2. The van der Waals surface area contributed by atoms with Crippen LogP contribution in [0.4, 0.5) is 0 Å². The van der Waals surface area contributed by atoms with E-state index >= 15 is 0 Å². The lowest BCUT2D eigenvalue weighted by Crippen LogP contribution is -2.38. The fraction of sp³-hybridized carbons (Fsp3) is 0.222. The molecule has 1 unspecified atom stereocenters. The van der Waals surface area contributed by atoms with E-state index in [0.717, 1.165) is 4.47 Å². The second-order valence-electron chi connectivity index (χ2n) is 5.31. The van der Waals surface area contributed by atoms with E-state index < -0.39 is 0 Å². The standard InChI is InChI=1S/C18H19BrN2O2/c1-13(14-6-3-2-4-7-14)11-20-17(22)12-21-18(23)15-8-5-9-16(19)10-15/h2-10,13H,11-12H2,1H3,(H,20,22)(H,21,23). The predicted octanol–water partition coefficient (Wildman–Crippen LogP) is 3.10. The van der Waals surface area contributed by atoms with Crippen molar-refractivity contribution in [2.75, 3.05) is 13.1 Å². The SMILES string of the molecule is CC(CNC(=O)CNC(=O)c1cccc(Br)c1)c1ccccc1. The van der Waals surface area contributed by atoms with Crippen LogP contribution in [0.1, 0.15) is 28.8 Å². The van der Waals surface area contributed by atoms with Gasteiger partial charge in [-0.15, -0.1) is 0 Å². The lowest BCUT2D eigenvalue weighted by Gasteiger charge is -2.13. The molecule has 0 heterocycles. The van der Waals surface area contributed by atoms with Crippen molar-refractivity contribution in [1.29, 1.82) is 0 Å². The van der Waals surface area contributed by atoms with Crippen LogP contribution in [0, 0.1) is 0 Å². The topological polar surface area (TPSA) is 58.2 Å². The Kier molecular flexibility index (Phi) is 6.35. The summed E-state index contributed by atoms with van der Waals surface area (Å²) in [6.07, 6.45) is 0. The van der Waals surface area contributed by atoms with Crippen LogP contribution in [0.5, 0.6) is 0 Å². The molecule has 0 radical (unpaired) electrons. The Balaban J connectivity index is 1.76. The number of rotatable bonds is 6. The zero-order valence-corrected chi connectivity index (χ0v) is 14.5. The molecule has 23 heavy (non-hydrogen) atoms. The number of hydrogen-bond donors (Lipinski definition) is 2. The summed E-state index contributed by atoms with van der Waals surface area (Å²) in [6, 6.07) is 17.0. The highest BCUT2D eigenvalue weighted by molar-refractivity contribution is 9.10. The minimum Gasteiger partial charge on any atom is -0.354 e. The predicted molar refractivity (Wildman–Crippen MR) is 94.3 cm³/mol. The van der Waals surface area contributed by atoms with Crippen LogP contribution in [0.3, 0.4) is 0 Å². The van der Waals surface area contributed by atoms with E-state index in [0.29, 0.717) is 12.1 Å². The Labute approximate surface area is 144 Å². The Bertz CT molecular complexity index is 674. The third-order valence-electron chi connectivity index (χ3n) is 3.47. The van der Waals surface area contributed by atoms with E-state index in [9.17, 15) is 9.59 Å². The highest BCUT2D eigenvalue weighted by Gasteiger charge is 2.10. The molecule has 0 aliphatic rings. The molecule has 2 N–H and O–H groups in total. The van der Waals surface area contributed by atoms with E-state index in [-0.39, 0.29) is 24.3 Å². The highest BCUT2D eigenvalue weighted by Crippen LogP contribution is 2.13. The average Bonchev–Trinajstić information content (AvgIpc) is 2.58. The highest BCUT2D eigenvalue weighted by atomic mass is 79.9. The van der Waals surface area contributed by atoms with Gasteiger partial charge in [0.05, 0.1) is 6.54 Å². The van der Waals surface area contributed by atoms with Crippen LogP contribution in [-0.2, 0) is 4.79 Å². The third-order valence-corrected chi connectivity index (χ3v) is 3.96. The van der Waals surface area contributed by atoms with Crippen LogP contribution in [0.2, 0.25) is 0 Å². The van der Waals surface area contributed by atoms with E-state index in [1.54, 1.807) is 18.2 Å². The minimum atomic E-state index is -0.266. The fourth-order valence-electron chi connectivity index (χ4n) is 2.12. The second kappa shape index (κ2) is 8.48. The van der Waals surface area contributed by atoms with Gasteiger partial charge in [-0.3, -0.25) is 9.59 Å². The van der Waals surface area contributed by atoms with Crippen molar-refractivity contribution in [2.45, 2.75) is 12.8 Å². The van der Waals surface area contributed by atoms with Crippen molar-refractivity contribution in [3.05, 3.63) is 70.2 Å². The quantitative estimate of drug-likeness (QED) is 0.815.